The van der Waals surface area contributed by atoms with E-state index < -0.39 is 0 Å². The second kappa shape index (κ2) is 6.84. The predicted molar refractivity (Wildman–Crippen MR) is 102 cm³/mol. The van der Waals surface area contributed by atoms with Gasteiger partial charge in [0.2, 0.25) is 0 Å². The summed E-state index contributed by atoms with van der Waals surface area (Å²) in [5.41, 5.74) is 4.12. The van der Waals surface area contributed by atoms with Crippen LogP contribution in [0.15, 0.2) is 59.1 Å². The van der Waals surface area contributed by atoms with Gasteiger partial charge in [0, 0.05) is 24.7 Å². The van der Waals surface area contributed by atoms with E-state index in [0.717, 1.165) is 39.4 Å². The average Bonchev–Trinajstić information content (AvgIpc) is 3.31. The Kier molecular flexibility index (Phi) is 4.38. The van der Waals surface area contributed by atoms with E-state index in [1.807, 2.05) is 25.1 Å². The van der Waals surface area contributed by atoms with E-state index >= 15 is 0 Å². The summed E-state index contributed by atoms with van der Waals surface area (Å²) in [6.07, 6.45) is 7.66. The Morgan fingerprint density at radius 3 is 2.85 bits per heavy atom. The van der Waals surface area contributed by atoms with Crippen LogP contribution in [0.1, 0.15) is 17.0 Å². The molecule has 4 heterocycles. The molecule has 0 unspecified atom stereocenters. The van der Waals surface area contributed by atoms with E-state index in [1.54, 1.807) is 18.0 Å². The van der Waals surface area contributed by atoms with Gasteiger partial charge in [-0.1, -0.05) is 23.9 Å². The van der Waals surface area contributed by atoms with E-state index in [-0.39, 0.29) is 0 Å². The average molecular weight is 365 g/mol. The van der Waals surface area contributed by atoms with Gasteiger partial charge in [0.25, 0.3) is 0 Å². The van der Waals surface area contributed by atoms with Crippen LogP contribution in [-0.4, -0.2) is 24.1 Å². The topological polar surface area (TPSA) is 61.2 Å². The van der Waals surface area contributed by atoms with Gasteiger partial charge in [-0.05, 0) is 31.5 Å². The van der Waals surface area contributed by atoms with Gasteiger partial charge in [0.1, 0.15) is 11.4 Å². The van der Waals surface area contributed by atoms with Gasteiger partial charge < -0.3 is 8.82 Å². The second-order valence-corrected chi connectivity index (χ2v) is 7.03. The van der Waals surface area contributed by atoms with Crippen molar-refractivity contribution in [3.05, 3.63) is 66.5 Å². The van der Waals surface area contributed by atoms with Crippen LogP contribution in [0.5, 0.6) is 0 Å². The van der Waals surface area contributed by atoms with E-state index in [1.165, 1.54) is 5.56 Å². The minimum absolute atomic E-state index is 0.639. The molecule has 4 aromatic rings. The van der Waals surface area contributed by atoms with Crippen LogP contribution in [0, 0.1) is 13.8 Å². The molecular formula is C19H19N5OS. The van der Waals surface area contributed by atoms with Gasteiger partial charge in [-0.15, -0.1) is 16.8 Å². The summed E-state index contributed by atoms with van der Waals surface area (Å²) < 4.78 is 9.51. The molecule has 0 radical (unpaired) electrons. The Hall–Kier alpha value is -2.80. The summed E-state index contributed by atoms with van der Waals surface area (Å²) in [4.78, 5) is 4.66. The molecule has 4 aromatic heterocycles. The van der Waals surface area contributed by atoms with Crippen molar-refractivity contribution in [3.63, 3.8) is 0 Å². The standard InChI is InChI=1S/C19H19N5OS/c1-4-8-24-18(16-7-9-25-14(16)3)21-22-19(24)26-12-15-11-23-10-13(2)5-6-17(23)20-15/h4-7,9-11H,1,8,12H2,2-3H3. The number of aryl methyl sites for hydroxylation is 2. The first-order chi connectivity index (χ1) is 12.7. The molecule has 0 N–H and O–H groups in total. The fourth-order valence-electron chi connectivity index (χ4n) is 2.87. The molecular weight excluding hydrogens is 346 g/mol. The lowest BCUT2D eigenvalue weighted by Gasteiger charge is -2.06. The molecule has 132 valence electrons. The molecule has 0 fully saturated rings. The van der Waals surface area contributed by atoms with Crippen molar-refractivity contribution < 1.29 is 4.42 Å². The molecule has 0 saturated heterocycles. The fourth-order valence-corrected chi connectivity index (χ4v) is 3.70. The molecule has 7 heteroatoms. The minimum atomic E-state index is 0.639. The van der Waals surface area contributed by atoms with Gasteiger partial charge in [-0.3, -0.25) is 4.57 Å². The van der Waals surface area contributed by atoms with Crippen molar-refractivity contribution in [3.8, 4) is 11.4 Å². The molecule has 0 atom stereocenters. The molecule has 0 aliphatic heterocycles. The van der Waals surface area contributed by atoms with E-state index in [9.17, 15) is 0 Å². The number of fused-ring (bicyclic) bond motifs is 1. The number of hydrogen-bond donors (Lipinski definition) is 0. The maximum atomic E-state index is 5.41. The molecule has 0 spiro atoms. The van der Waals surface area contributed by atoms with Gasteiger partial charge in [-0.25, -0.2) is 4.98 Å². The van der Waals surface area contributed by atoms with Crippen LogP contribution < -0.4 is 0 Å². The van der Waals surface area contributed by atoms with Crippen molar-refractivity contribution in [1.29, 1.82) is 0 Å². The highest BCUT2D eigenvalue weighted by molar-refractivity contribution is 7.98. The SMILES string of the molecule is C=CCn1c(SCc2cn3cc(C)ccc3n2)nnc1-c1ccoc1C. The highest BCUT2D eigenvalue weighted by Gasteiger charge is 2.17. The molecule has 0 saturated carbocycles. The van der Waals surface area contributed by atoms with Crippen molar-refractivity contribution >= 4 is 17.4 Å². The lowest BCUT2D eigenvalue weighted by molar-refractivity contribution is 0.534. The van der Waals surface area contributed by atoms with Gasteiger partial charge in [0.15, 0.2) is 11.0 Å². The van der Waals surface area contributed by atoms with Crippen molar-refractivity contribution in [1.82, 2.24) is 24.1 Å². The van der Waals surface area contributed by atoms with Crippen molar-refractivity contribution in [2.75, 3.05) is 0 Å². The van der Waals surface area contributed by atoms with E-state index in [2.05, 4.69) is 56.1 Å². The number of imidazole rings is 1. The van der Waals surface area contributed by atoms with E-state index in [4.69, 9.17) is 4.42 Å². The Bertz CT molecular complexity index is 1070. The quantitative estimate of drug-likeness (QED) is 0.377. The fraction of sp³-hybridized carbons (Fsp3) is 0.211. The minimum Gasteiger partial charge on any atom is -0.469 e. The maximum absolute atomic E-state index is 5.41. The van der Waals surface area contributed by atoms with Crippen LogP contribution in [-0.2, 0) is 12.3 Å². The third kappa shape index (κ3) is 3.06. The summed E-state index contributed by atoms with van der Waals surface area (Å²) in [5, 5.41) is 9.57. The Balaban J connectivity index is 1.60. The lowest BCUT2D eigenvalue weighted by atomic mass is 10.2. The maximum Gasteiger partial charge on any atom is 0.192 e. The number of rotatable bonds is 6. The number of thioether (sulfide) groups is 1. The molecule has 26 heavy (non-hydrogen) atoms. The Labute approximate surface area is 155 Å². The van der Waals surface area contributed by atoms with Crippen molar-refractivity contribution in [2.24, 2.45) is 0 Å². The third-order valence-electron chi connectivity index (χ3n) is 4.13. The molecule has 0 aromatic carbocycles. The van der Waals surface area contributed by atoms with Gasteiger partial charge in [0.05, 0.1) is 17.5 Å². The molecule has 0 aliphatic rings. The van der Waals surface area contributed by atoms with Gasteiger partial charge >= 0.3 is 0 Å². The number of pyridine rings is 1. The number of aromatic nitrogens is 5. The summed E-state index contributed by atoms with van der Waals surface area (Å²) in [5.74, 6) is 2.35. The first kappa shape index (κ1) is 16.7. The highest BCUT2D eigenvalue weighted by Crippen LogP contribution is 2.28. The zero-order valence-electron chi connectivity index (χ0n) is 14.7. The summed E-state index contributed by atoms with van der Waals surface area (Å²) >= 11 is 1.62. The monoisotopic (exact) mass is 365 g/mol. The number of furan rings is 1. The molecule has 4 rings (SSSR count). The smallest absolute Gasteiger partial charge is 0.192 e. The third-order valence-corrected chi connectivity index (χ3v) is 5.13. The summed E-state index contributed by atoms with van der Waals surface area (Å²) in [7, 11) is 0. The molecule has 0 aliphatic carbocycles. The number of allylic oxidation sites excluding steroid dienone is 1. The summed E-state index contributed by atoms with van der Waals surface area (Å²) in [6.45, 7) is 8.49. The Morgan fingerprint density at radius 1 is 1.19 bits per heavy atom. The summed E-state index contributed by atoms with van der Waals surface area (Å²) in [6, 6.07) is 6.01. The molecule has 0 amide bonds. The number of nitrogens with zero attached hydrogens (tertiary/aromatic N) is 5. The number of hydrogen-bond acceptors (Lipinski definition) is 5. The van der Waals surface area contributed by atoms with Crippen LogP contribution in [0.4, 0.5) is 0 Å². The first-order valence-electron chi connectivity index (χ1n) is 8.31. The normalized spacial score (nSPS) is 11.3. The van der Waals surface area contributed by atoms with Crippen LogP contribution in [0.3, 0.4) is 0 Å². The van der Waals surface area contributed by atoms with E-state index in [0.29, 0.717) is 6.54 Å². The highest BCUT2D eigenvalue weighted by atomic mass is 32.2. The predicted octanol–water partition coefficient (Wildman–Crippen LogP) is 4.28. The second-order valence-electron chi connectivity index (χ2n) is 6.09. The van der Waals surface area contributed by atoms with Crippen LogP contribution in [0.2, 0.25) is 0 Å². The molecule has 6 nitrogen and oxygen atoms in total. The van der Waals surface area contributed by atoms with Crippen LogP contribution >= 0.6 is 11.8 Å². The zero-order chi connectivity index (χ0) is 18.1. The van der Waals surface area contributed by atoms with Crippen molar-refractivity contribution in [2.45, 2.75) is 31.3 Å². The first-order valence-corrected chi connectivity index (χ1v) is 9.30. The largest absolute Gasteiger partial charge is 0.469 e. The van der Waals surface area contributed by atoms with Crippen LogP contribution in [0.25, 0.3) is 17.0 Å². The zero-order valence-corrected chi connectivity index (χ0v) is 15.5. The Morgan fingerprint density at radius 2 is 2.08 bits per heavy atom. The molecule has 0 bridgehead atoms. The lowest BCUT2D eigenvalue weighted by Crippen LogP contribution is -2.00. The van der Waals surface area contributed by atoms with Gasteiger partial charge in [-0.2, -0.15) is 0 Å².